The van der Waals surface area contributed by atoms with Gasteiger partial charge in [0.1, 0.15) is 55.0 Å². The average Bonchev–Trinajstić information content (AvgIpc) is 4.06. The van der Waals surface area contributed by atoms with Gasteiger partial charge in [-0.25, -0.2) is 14.5 Å². The minimum atomic E-state index is -2.08. The molecule has 3 amide bonds. The first-order valence-corrected chi connectivity index (χ1v) is 22.3. The van der Waals surface area contributed by atoms with Crippen LogP contribution in [0.15, 0.2) is 31.5 Å². The number of nitrogens with zero attached hydrogens (tertiary/aromatic N) is 5. The van der Waals surface area contributed by atoms with Crippen molar-refractivity contribution < 1.29 is 117 Å². The van der Waals surface area contributed by atoms with Crippen LogP contribution >= 0.6 is 0 Å². The van der Waals surface area contributed by atoms with Crippen molar-refractivity contribution in [3.8, 4) is 0 Å². The number of fused-ring (bicyclic) bond motifs is 1. The van der Waals surface area contributed by atoms with Gasteiger partial charge in [-0.3, -0.25) is 29.4 Å². The standard InChI is InChI=1S/C39H58N6O22.2OS/c1-4-21-26-27(22(5-2)61-21)36(53)45(35(26)52)12-8-6-7-11-43(24(46)9-10-25(47)48)17-20-18-44(42-41-20)13-14-58-15-16-59-39-31(51)30(50)33(34(64-39)37(54)55)63-38-28(40-3)32(65-67-57)29(49)23(62-38)19-60-66-56;2*1-2/h4-5,18,21-23,26-34,38-40,49-51,56-57H,1-2,6-17,19H2,3H3,(H,47,48)(H,54,55);;/p-4/t21-,22+,23?,26+,27-,28?,29-,30-,31?,32-,33+,34?,38-,39-;;/m1../s1. The third kappa shape index (κ3) is 16.3. The molecule has 0 radical (unpaired) electrons. The molecule has 71 heavy (non-hydrogen) atoms. The molecule has 5 rings (SSSR count). The van der Waals surface area contributed by atoms with Crippen molar-refractivity contribution in [2.45, 2.75) is 119 Å². The Labute approximate surface area is 415 Å². The van der Waals surface area contributed by atoms with E-state index >= 15 is 0 Å². The monoisotopic (exact) mass is 1050 g/mol. The SMILES string of the molecule is C=C[C@@H]1O[C@H](C=C)[C@@H]2C(=O)N(CCCCCN(Cc3cn(CCOCCO[C@@H]4OC(C(=O)[O-])[C@@H](O[C@H]5OC(COO[O-])[C@@H](O)[C@H](OO[O-])C5NC)[C@H](O)C4O)nn3)C(=O)CCC(=O)[O-])C(=O)[C@@H]21.O=S.O=S. The van der Waals surface area contributed by atoms with Gasteiger partial charge in [-0.2, -0.15) is 8.42 Å². The van der Waals surface area contributed by atoms with E-state index in [1.54, 1.807) is 6.20 Å². The van der Waals surface area contributed by atoms with Crippen LogP contribution in [0.2, 0.25) is 0 Å². The molecule has 0 spiro atoms. The fourth-order valence-corrected chi connectivity index (χ4v) is 8.25. The van der Waals surface area contributed by atoms with E-state index in [9.17, 15) is 60.0 Å². The van der Waals surface area contributed by atoms with Crippen LogP contribution < -0.4 is 26.0 Å². The van der Waals surface area contributed by atoms with Crippen LogP contribution in [0.4, 0.5) is 0 Å². The topological polar surface area (TPSA) is 414 Å². The quantitative estimate of drug-likeness (QED) is 0.0190. The number of hydrogen-bond donors (Lipinski definition) is 4. The van der Waals surface area contributed by atoms with E-state index in [2.05, 4.69) is 73.7 Å². The lowest BCUT2D eigenvalue weighted by molar-refractivity contribution is -0.808. The molecule has 4 aliphatic rings. The first-order chi connectivity index (χ1) is 34.2. The summed E-state index contributed by atoms with van der Waals surface area (Å²) in [6, 6.07) is -1.28. The molecule has 0 saturated carbocycles. The zero-order valence-electron chi connectivity index (χ0n) is 37.9. The summed E-state index contributed by atoms with van der Waals surface area (Å²) in [4.78, 5) is 74.0. The molecular formula is C39H54N6O24S2-4. The maximum absolute atomic E-state index is 13.1. The number of amides is 3. The zero-order chi connectivity index (χ0) is 52.8. The Morgan fingerprint density at radius 3 is 2.13 bits per heavy atom. The summed E-state index contributed by atoms with van der Waals surface area (Å²) in [5, 5.41) is 94.2. The third-order valence-electron chi connectivity index (χ3n) is 11.6. The summed E-state index contributed by atoms with van der Waals surface area (Å²) in [7, 11) is 1.33. The second-order valence-corrected chi connectivity index (χ2v) is 15.8. The number of aromatic nitrogens is 3. The number of hydrogen-bond acceptors (Lipinski definition) is 29. The maximum atomic E-state index is 13.1. The predicted molar refractivity (Wildman–Crippen MR) is 220 cm³/mol. The van der Waals surface area contributed by atoms with Crippen molar-refractivity contribution in [3.05, 3.63) is 37.2 Å². The highest BCUT2D eigenvalue weighted by molar-refractivity contribution is 7.44. The number of aliphatic carboxylic acids is 2. The van der Waals surface area contributed by atoms with Crippen LogP contribution in [-0.2, 0) is 110 Å². The lowest BCUT2D eigenvalue weighted by Gasteiger charge is -2.48. The van der Waals surface area contributed by atoms with Crippen LogP contribution in [-0.4, -0.2) is 198 Å². The van der Waals surface area contributed by atoms with Gasteiger partial charge in [-0.1, -0.05) is 17.4 Å². The fraction of sp³-hybridized carbons (Fsp3) is 0.718. The Kier molecular flexibility index (Phi) is 26.8. The molecule has 1 aromatic heterocycles. The van der Waals surface area contributed by atoms with Gasteiger partial charge in [0.15, 0.2) is 37.6 Å². The van der Waals surface area contributed by atoms with Gasteiger partial charge in [0, 0.05) is 25.5 Å². The summed E-state index contributed by atoms with van der Waals surface area (Å²) in [6.07, 6.45) is -12.0. The molecule has 1 aromatic rings. The Morgan fingerprint density at radius 1 is 0.859 bits per heavy atom. The van der Waals surface area contributed by atoms with E-state index in [-0.39, 0.29) is 64.2 Å². The van der Waals surface area contributed by atoms with Crippen molar-refractivity contribution in [1.29, 1.82) is 0 Å². The largest absolute Gasteiger partial charge is 0.692 e. The maximum Gasteiger partial charge on any atom is 0.236 e. The lowest BCUT2D eigenvalue weighted by atomic mass is 9.89. The highest BCUT2D eigenvalue weighted by atomic mass is 32.1. The van der Waals surface area contributed by atoms with Crippen molar-refractivity contribution in [2.75, 3.05) is 46.6 Å². The van der Waals surface area contributed by atoms with Gasteiger partial charge in [0.05, 0.1) is 75.2 Å². The normalized spacial score (nSPS) is 30.1. The van der Waals surface area contributed by atoms with Gasteiger partial charge in [-0.05, 0) is 32.7 Å². The van der Waals surface area contributed by atoms with Gasteiger partial charge < -0.3 is 84.3 Å². The number of nitrogens with one attached hydrogen (secondary N) is 1. The number of aliphatic hydroxyl groups excluding tert-OH is 3. The minimum absolute atomic E-state index is 0.00110. The molecule has 32 heteroatoms. The summed E-state index contributed by atoms with van der Waals surface area (Å²) in [5.74, 6) is -5.69. The molecule has 4 N–H and O–H groups in total. The zero-order valence-corrected chi connectivity index (χ0v) is 39.5. The van der Waals surface area contributed by atoms with Gasteiger partial charge in [0.25, 0.3) is 0 Å². The molecule has 4 fully saturated rings. The van der Waals surface area contributed by atoms with Crippen molar-refractivity contribution >= 4 is 54.7 Å². The molecule has 4 saturated heterocycles. The van der Waals surface area contributed by atoms with E-state index in [0.717, 1.165) is 0 Å². The Hall–Kier alpha value is -4.43. The smallest absolute Gasteiger partial charge is 0.236 e. The number of likely N-dealkylation sites (N-methyl/N-ethyl adjacent to an activating group) is 1. The second kappa shape index (κ2) is 31.2. The van der Waals surface area contributed by atoms with Gasteiger partial charge in [-0.15, -0.1) is 18.3 Å². The minimum Gasteiger partial charge on any atom is -0.692 e. The van der Waals surface area contributed by atoms with E-state index in [1.807, 2.05) is 0 Å². The number of carboxylic acids is 2. The first-order valence-electron chi connectivity index (χ1n) is 21.6. The first kappa shape index (κ1) is 60.9. The number of unbranched alkanes of at least 4 members (excludes halogenated alkanes) is 2. The number of ether oxygens (including phenoxy) is 6. The fourth-order valence-electron chi connectivity index (χ4n) is 8.25. The summed E-state index contributed by atoms with van der Waals surface area (Å²) in [6.45, 7) is 6.92. The van der Waals surface area contributed by atoms with Crippen LogP contribution in [0.25, 0.3) is 0 Å². The van der Waals surface area contributed by atoms with Gasteiger partial charge >= 0.3 is 0 Å². The van der Waals surface area contributed by atoms with E-state index in [4.69, 9.17) is 36.8 Å². The number of carbonyl (C=O) groups excluding carboxylic acids is 5. The lowest BCUT2D eigenvalue weighted by Crippen LogP contribution is -2.68. The van der Waals surface area contributed by atoms with Crippen LogP contribution in [0.1, 0.15) is 37.8 Å². The molecule has 0 aromatic carbocycles. The summed E-state index contributed by atoms with van der Waals surface area (Å²) < 4.78 is 50.5. The van der Waals surface area contributed by atoms with Crippen LogP contribution in [0.3, 0.4) is 0 Å². The summed E-state index contributed by atoms with van der Waals surface area (Å²) >= 11 is 5.67. The molecule has 0 bridgehead atoms. The number of imide groups is 1. The highest BCUT2D eigenvalue weighted by Crippen LogP contribution is 2.41. The molecule has 4 unspecified atom stereocenters. The average molecular weight is 1060 g/mol. The third-order valence-corrected chi connectivity index (χ3v) is 11.6. The molecular weight excluding hydrogens is 1000 g/mol. The molecule has 0 aliphatic carbocycles. The number of rotatable bonds is 29. The van der Waals surface area contributed by atoms with Crippen molar-refractivity contribution in [2.24, 2.45) is 11.8 Å². The molecule has 4 aliphatic heterocycles. The van der Waals surface area contributed by atoms with Crippen molar-refractivity contribution in [1.82, 2.24) is 30.1 Å². The highest BCUT2D eigenvalue weighted by Gasteiger charge is 2.58. The predicted octanol–water partition coefficient (Wildman–Crippen LogP) is -8.52. The van der Waals surface area contributed by atoms with E-state index in [0.29, 0.717) is 25.0 Å². The van der Waals surface area contributed by atoms with Gasteiger partial charge in [0.2, 0.25) is 17.7 Å². The van der Waals surface area contributed by atoms with Crippen molar-refractivity contribution in [3.63, 3.8) is 0 Å². The number of likely N-dealkylation sites (tertiary alicyclic amines) is 1. The Bertz CT molecular complexity index is 1840. The van der Waals surface area contributed by atoms with E-state index in [1.165, 1.54) is 33.7 Å². The molecule has 400 valence electrons. The number of carbonyl (C=O) groups is 5. The second-order valence-electron chi connectivity index (χ2n) is 15.8. The summed E-state index contributed by atoms with van der Waals surface area (Å²) in [5.41, 5.74) is 0.383. The number of aliphatic hydroxyl groups is 3. The molecule has 30 nitrogen and oxygen atoms in total. The Balaban J connectivity index is 0.00000324. The molecule has 14 atom stereocenters. The van der Waals surface area contributed by atoms with Crippen LogP contribution in [0, 0.1) is 11.8 Å². The van der Waals surface area contributed by atoms with E-state index < -0.39 is 116 Å². The van der Waals surface area contributed by atoms with Crippen LogP contribution in [0.5, 0.6) is 0 Å². The Morgan fingerprint density at radius 2 is 1.54 bits per heavy atom. The molecule has 5 heterocycles. The number of carboxylic acid groups (broad SMARTS) is 2.